The first-order valence-corrected chi connectivity index (χ1v) is 5.51. The van der Waals surface area contributed by atoms with E-state index in [1.54, 1.807) is 12.3 Å². The van der Waals surface area contributed by atoms with Crippen LogP contribution in [0.3, 0.4) is 0 Å². The van der Waals surface area contributed by atoms with Gasteiger partial charge in [-0.2, -0.15) is 0 Å². The van der Waals surface area contributed by atoms with Gasteiger partial charge in [-0.05, 0) is 19.4 Å². The Hall–Kier alpha value is -1.49. The molecular weight excluding hydrogens is 206 g/mol. The number of ether oxygens (including phenoxy) is 1. The lowest BCUT2D eigenvalue weighted by atomic mass is 10.3. The maximum Gasteiger partial charge on any atom is 0.270 e. The number of amides is 1. The average Bonchev–Trinajstić information content (AvgIpc) is 2.56. The zero-order valence-electron chi connectivity index (χ0n) is 9.40. The molecule has 1 unspecified atom stereocenters. The van der Waals surface area contributed by atoms with E-state index < -0.39 is 0 Å². The predicted molar refractivity (Wildman–Crippen MR) is 61.1 cm³/mol. The van der Waals surface area contributed by atoms with Crippen molar-refractivity contribution in [2.45, 2.75) is 19.4 Å². The average molecular weight is 223 g/mol. The van der Waals surface area contributed by atoms with Crippen molar-refractivity contribution in [3.8, 4) is 0 Å². The molecule has 16 heavy (non-hydrogen) atoms. The second-order valence-corrected chi connectivity index (χ2v) is 4.13. The van der Waals surface area contributed by atoms with Crippen molar-refractivity contribution >= 4 is 11.6 Å². The van der Waals surface area contributed by atoms with Gasteiger partial charge in [0.1, 0.15) is 5.69 Å². The lowest BCUT2D eigenvalue weighted by Gasteiger charge is -2.21. The summed E-state index contributed by atoms with van der Waals surface area (Å²) in [6.07, 6.45) is 2.61. The van der Waals surface area contributed by atoms with Gasteiger partial charge in [0.25, 0.3) is 5.91 Å². The van der Waals surface area contributed by atoms with Crippen LogP contribution in [-0.4, -0.2) is 41.6 Å². The zero-order chi connectivity index (χ0) is 11.5. The Bertz CT molecular complexity index is 375. The monoisotopic (exact) mass is 223 g/mol. The summed E-state index contributed by atoms with van der Waals surface area (Å²) in [5.74, 6) is -0.00551. The number of nitrogens with one attached hydrogen (secondary N) is 1. The first kappa shape index (κ1) is 11.0. The van der Waals surface area contributed by atoms with Crippen LogP contribution in [0, 0.1) is 0 Å². The van der Waals surface area contributed by atoms with Crippen molar-refractivity contribution in [2.24, 2.45) is 0 Å². The molecule has 0 saturated carbocycles. The molecule has 5 nitrogen and oxygen atoms in total. The van der Waals surface area contributed by atoms with Crippen LogP contribution >= 0.6 is 0 Å². The normalized spacial score (nSPS) is 21.8. The summed E-state index contributed by atoms with van der Waals surface area (Å²) in [4.78, 5) is 16.8. The molecule has 5 heteroatoms. The maximum atomic E-state index is 12.1. The smallest absolute Gasteiger partial charge is 0.270 e. The fourth-order valence-electron chi connectivity index (χ4n) is 1.88. The summed E-state index contributed by atoms with van der Waals surface area (Å²) in [7, 11) is 0. The predicted octanol–water partition coefficient (Wildman–Crippen LogP) is 0.848. The Morgan fingerprint density at radius 3 is 3.19 bits per heavy atom. The summed E-state index contributed by atoms with van der Waals surface area (Å²) in [5.41, 5.74) is 6.71. The van der Waals surface area contributed by atoms with E-state index in [-0.39, 0.29) is 12.0 Å². The third-order valence-electron chi connectivity index (χ3n) is 2.68. The van der Waals surface area contributed by atoms with Gasteiger partial charge in [-0.3, -0.25) is 4.79 Å². The number of anilines is 1. The van der Waals surface area contributed by atoms with Gasteiger partial charge >= 0.3 is 0 Å². The molecule has 0 aromatic carbocycles. The number of rotatable bonds is 1. The van der Waals surface area contributed by atoms with Crippen LogP contribution in [-0.2, 0) is 4.74 Å². The molecule has 0 spiro atoms. The maximum absolute atomic E-state index is 12.1. The fraction of sp³-hybridized carbons (Fsp3) is 0.545. The Morgan fingerprint density at radius 1 is 1.69 bits per heavy atom. The van der Waals surface area contributed by atoms with E-state index in [0.29, 0.717) is 17.9 Å². The first-order valence-electron chi connectivity index (χ1n) is 5.51. The minimum absolute atomic E-state index is 0.00551. The van der Waals surface area contributed by atoms with E-state index in [4.69, 9.17) is 10.5 Å². The van der Waals surface area contributed by atoms with E-state index >= 15 is 0 Å². The number of aromatic nitrogens is 1. The van der Waals surface area contributed by atoms with Crippen LogP contribution in [0.2, 0.25) is 0 Å². The van der Waals surface area contributed by atoms with E-state index in [1.807, 2.05) is 11.8 Å². The Balaban J connectivity index is 2.08. The number of nitrogens with zero attached hydrogens (tertiary/aromatic N) is 1. The van der Waals surface area contributed by atoms with Gasteiger partial charge in [-0.1, -0.05) is 0 Å². The molecule has 2 rings (SSSR count). The van der Waals surface area contributed by atoms with E-state index in [1.165, 1.54) is 0 Å². The molecule has 2 heterocycles. The molecule has 3 N–H and O–H groups in total. The molecule has 88 valence electrons. The molecule has 1 aliphatic rings. The van der Waals surface area contributed by atoms with Crippen LogP contribution in [0.4, 0.5) is 5.69 Å². The van der Waals surface area contributed by atoms with Gasteiger partial charge in [0.15, 0.2) is 0 Å². The summed E-state index contributed by atoms with van der Waals surface area (Å²) in [6, 6.07) is 1.67. The number of carbonyl (C=O) groups is 1. The summed E-state index contributed by atoms with van der Waals surface area (Å²) >= 11 is 0. The number of nitrogens with two attached hydrogens (primary N) is 1. The Labute approximate surface area is 94.6 Å². The van der Waals surface area contributed by atoms with Crippen LogP contribution in [0.15, 0.2) is 12.3 Å². The molecule has 1 fully saturated rings. The van der Waals surface area contributed by atoms with Crippen LogP contribution in [0.5, 0.6) is 0 Å². The van der Waals surface area contributed by atoms with E-state index in [0.717, 1.165) is 19.6 Å². The second kappa shape index (κ2) is 4.57. The third kappa shape index (κ3) is 2.36. The third-order valence-corrected chi connectivity index (χ3v) is 2.68. The Morgan fingerprint density at radius 2 is 2.50 bits per heavy atom. The molecular formula is C11H17N3O2. The van der Waals surface area contributed by atoms with Crippen LogP contribution < -0.4 is 5.73 Å². The van der Waals surface area contributed by atoms with Crippen molar-refractivity contribution in [3.63, 3.8) is 0 Å². The Kier molecular flexibility index (Phi) is 3.14. The van der Waals surface area contributed by atoms with Gasteiger partial charge in [-0.25, -0.2) is 0 Å². The highest BCUT2D eigenvalue weighted by Crippen LogP contribution is 2.12. The quantitative estimate of drug-likeness (QED) is 0.741. The van der Waals surface area contributed by atoms with Gasteiger partial charge in [0.2, 0.25) is 0 Å². The number of H-pyrrole nitrogens is 1. The molecule has 1 amide bonds. The number of aromatic amines is 1. The summed E-state index contributed by atoms with van der Waals surface area (Å²) in [5, 5.41) is 0. The van der Waals surface area contributed by atoms with E-state index in [9.17, 15) is 4.79 Å². The second-order valence-electron chi connectivity index (χ2n) is 4.13. The van der Waals surface area contributed by atoms with Crippen LogP contribution in [0.25, 0.3) is 0 Å². The van der Waals surface area contributed by atoms with Gasteiger partial charge < -0.3 is 20.4 Å². The van der Waals surface area contributed by atoms with Crippen molar-refractivity contribution in [1.29, 1.82) is 0 Å². The number of carbonyl (C=O) groups excluding carboxylic acids is 1. The fourth-order valence-corrected chi connectivity index (χ4v) is 1.88. The molecule has 1 aromatic rings. The molecule has 1 saturated heterocycles. The highest BCUT2D eigenvalue weighted by Gasteiger charge is 2.21. The number of hydrogen-bond acceptors (Lipinski definition) is 3. The minimum atomic E-state index is -0.00551. The number of nitrogen functional groups attached to an aromatic ring is 1. The zero-order valence-corrected chi connectivity index (χ0v) is 9.40. The van der Waals surface area contributed by atoms with Crippen molar-refractivity contribution in [2.75, 3.05) is 25.4 Å². The molecule has 0 radical (unpaired) electrons. The molecule has 1 atom stereocenters. The summed E-state index contributed by atoms with van der Waals surface area (Å²) < 4.78 is 5.50. The van der Waals surface area contributed by atoms with E-state index in [2.05, 4.69) is 4.98 Å². The highest BCUT2D eigenvalue weighted by molar-refractivity contribution is 5.93. The molecule has 0 bridgehead atoms. The summed E-state index contributed by atoms with van der Waals surface area (Å²) in [6.45, 7) is 4.08. The minimum Gasteiger partial charge on any atom is -0.397 e. The molecule has 1 aromatic heterocycles. The molecule has 0 aliphatic carbocycles. The highest BCUT2D eigenvalue weighted by atomic mass is 16.5. The van der Waals surface area contributed by atoms with Crippen molar-refractivity contribution in [1.82, 2.24) is 9.88 Å². The standard InChI is InChI=1S/C11H17N3O2/c1-8-7-14(3-2-4-16-8)11(15)10-5-9(12)6-13-10/h5-6,8,13H,2-4,7,12H2,1H3. The van der Waals surface area contributed by atoms with Crippen LogP contribution in [0.1, 0.15) is 23.8 Å². The topological polar surface area (TPSA) is 71.3 Å². The lowest BCUT2D eigenvalue weighted by molar-refractivity contribution is 0.0560. The van der Waals surface area contributed by atoms with Crippen molar-refractivity contribution in [3.05, 3.63) is 18.0 Å². The lowest BCUT2D eigenvalue weighted by Crippen LogP contribution is -2.36. The SMILES string of the molecule is CC1CN(C(=O)c2cc(N)c[nH]2)CCCO1. The first-order chi connectivity index (χ1) is 7.66. The molecule has 1 aliphatic heterocycles. The number of hydrogen-bond donors (Lipinski definition) is 2. The van der Waals surface area contributed by atoms with Gasteiger partial charge in [-0.15, -0.1) is 0 Å². The van der Waals surface area contributed by atoms with Gasteiger partial charge in [0, 0.05) is 31.6 Å². The van der Waals surface area contributed by atoms with Crippen molar-refractivity contribution < 1.29 is 9.53 Å². The largest absolute Gasteiger partial charge is 0.397 e. The van der Waals surface area contributed by atoms with Gasteiger partial charge in [0.05, 0.1) is 6.10 Å².